The molecule has 1 aliphatic heterocycles. The van der Waals surface area contributed by atoms with Gasteiger partial charge in [-0.3, -0.25) is 4.79 Å². The molecular weight excluding hydrogens is 728 g/mol. The van der Waals surface area contributed by atoms with Crippen molar-refractivity contribution in [3.63, 3.8) is 0 Å². The minimum atomic E-state index is -1.25. The Balaban J connectivity index is 1.31. The van der Waals surface area contributed by atoms with Crippen LogP contribution in [0.1, 0.15) is 29.2 Å². The Morgan fingerprint density at radius 1 is 0.614 bits per heavy atom. The highest BCUT2D eigenvalue weighted by Crippen LogP contribution is 2.39. The second-order valence-corrected chi connectivity index (χ2v) is 13.4. The Morgan fingerprint density at radius 2 is 1.12 bits per heavy atom. The number of esters is 1. The maximum absolute atomic E-state index is 13.5. The Bertz CT molecular complexity index is 2230. The van der Waals surface area contributed by atoms with Crippen LogP contribution in [0.2, 0.25) is 0 Å². The number of hydrogen-bond donors (Lipinski definition) is 0. The lowest BCUT2D eigenvalue weighted by atomic mass is 9.97. The molecule has 0 radical (unpaired) electrons. The monoisotopic (exact) mass is 772 g/mol. The molecule has 1 saturated heterocycles. The van der Waals surface area contributed by atoms with Gasteiger partial charge < -0.3 is 42.3 Å². The van der Waals surface area contributed by atoms with Gasteiger partial charge in [0.1, 0.15) is 35.7 Å². The van der Waals surface area contributed by atoms with E-state index in [0.717, 1.165) is 22.3 Å². The van der Waals surface area contributed by atoms with Crippen LogP contribution in [0, 0.1) is 0 Å². The summed E-state index contributed by atoms with van der Waals surface area (Å²) >= 11 is 0. The fourth-order valence-corrected chi connectivity index (χ4v) is 6.57. The van der Waals surface area contributed by atoms with Crippen molar-refractivity contribution in [2.75, 3.05) is 13.7 Å². The van der Waals surface area contributed by atoms with Crippen LogP contribution in [-0.2, 0) is 54.9 Å². The molecule has 0 amide bonds. The summed E-state index contributed by atoms with van der Waals surface area (Å²) in [6.45, 7) is 2.19. The number of carbonyl (C=O) groups excluding carboxylic acids is 1. The number of fused-ring (bicyclic) bond motifs is 1. The molecule has 0 bridgehead atoms. The van der Waals surface area contributed by atoms with E-state index in [9.17, 15) is 9.59 Å². The Labute approximate surface area is 330 Å². The van der Waals surface area contributed by atoms with Gasteiger partial charge in [-0.05, 0) is 34.4 Å². The molecule has 0 N–H and O–H groups in total. The lowest BCUT2D eigenvalue weighted by molar-refractivity contribution is -0.310. The maximum atomic E-state index is 13.5. The first-order chi connectivity index (χ1) is 27.9. The molecule has 5 atom stereocenters. The van der Waals surface area contributed by atoms with E-state index in [0.29, 0.717) is 17.7 Å². The number of rotatable bonds is 17. The summed E-state index contributed by atoms with van der Waals surface area (Å²) in [4.78, 5) is 25.8. The van der Waals surface area contributed by atoms with Crippen molar-refractivity contribution in [1.82, 2.24) is 0 Å². The van der Waals surface area contributed by atoms with Gasteiger partial charge in [0.15, 0.2) is 5.75 Å². The van der Waals surface area contributed by atoms with Crippen molar-refractivity contribution in [3.05, 3.63) is 172 Å². The molecule has 11 nitrogen and oxygen atoms in total. The van der Waals surface area contributed by atoms with Gasteiger partial charge in [0.25, 0.3) is 5.75 Å². The molecule has 0 saturated carbocycles. The normalized spacial score (nSPS) is 19.2. The fourth-order valence-electron chi connectivity index (χ4n) is 6.57. The first-order valence-electron chi connectivity index (χ1n) is 18.7. The average molecular weight is 773 g/mol. The highest BCUT2D eigenvalue weighted by atomic mass is 16.7. The van der Waals surface area contributed by atoms with Crippen LogP contribution in [0.25, 0.3) is 11.0 Å². The van der Waals surface area contributed by atoms with E-state index in [2.05, 4.69) is 0 Å². The smallest absolute Gasteiger partial charge is 0.383 e. The Kier molecular flexibility index (Phi) is 13.4. The van der Waals surface area contributed by atoms with Gasteiger partial charge in [-0.25, -0.2) is 4.79 Å². The van der Waals surface area contributed by atoms with E-state index in [-0.39, 0.29) is 37.8 Å². The van der Waals surface area contributed by atoms with Gasteiger partial charge in [-0.1, -0.05) is 121 Å². The standard InChI is InChI=1S/C46H44O11/c1-31(47)54-43-40(37-24-23-36(49-2)25-38(37)55-45(43)48)57-46-44(53-29-35-21-13-6-14-22-35)42(52-28-34-19-11-5-12-20-34)41(51-27-33-17-9-4-10-18-33)39(56-46)30-50-26-32-15-7-3-8-16-32/h3-25,39,41-42,44,46H,26-30H2,1-2H3/t39-,41-,42+,44-,46+/m1/s1. The largest absolute Gasteiger partial charge is 0.497 e. The Morgan fingerprint density at radius 3 is 1.65 bits per heavy atom. The van der Waals surface area contributed by atoms with E-state index in [4.69, 9.17) is 42.3 Å². The lowest BCUT2D eigenvalue weighted by Crippen LogP contribution is -2.62. The molecule has 0 spiro atoms. The van der Waals surface area contributed by atoms with Crippen LogP contribution in [0.15, 0.2) is 149 Å². The summed E-state index contributed by atoms with van der Waals surface area (Å²) in [6.07, 6.45) is -4.54. The van der Waals surface area contributed by atoms with Gasteiger partial charge in [0, 0.05) is 13.0 Å². The molecule has 294 valence electrons. The second kappa shape index (κ2) is 19.4. The third-order valence-electron chi connectivity index (χ3n) is 9.35. The number of benzene rings is 5. The maximum Gasteiger partial charge on any atom is 0.383 e. The molecule has 1 fully saturated rings. The third-order valence-corrected chi connectivity index (χ3v) is 9.35. The first kappa shape index (κ1) is 39.4. The minimum absolute atomic E-state index is 0.0770. The highest BCUT2D eigenvalue weighted by Gasteiger charge is 2.50. The predicted octanol–water partition coefficient (Wildman–Crippen LogP) is 7.80. The molecule has 6 aromatic rings. The van der Waals surface area contributed by atoms with E-state index >= 15 is 0 Å². The van der Waals surface area contributed by atoms with Gasteiger partial charge in [-0.2, -0.15) is 0 Å². The number of ether oxygens (including phenoxy) is 8. The van der Waals surface area contributed by atoms with Crippen LogP contribution in [0.4, 0.5) is 0 Å². The van der Waals surface area contributed by atoms with Crippen LogP contribution in [0.5, 0.6) is 17.2 Å². The topological polar surface area (TPSA) is 121 Å². The molecule has 5 aromatic carbocycles. The van der Waals surface area contributed by atoms with E-state index in [1.54, 1.807) is 18.2 Å². The number of hydrogen-bond acceptors (Lipinski definition) is 11. The van der Waals surface area contributed by atoms with Crippen LogP contribution in [-0.4, -0.2) is 50.4 Å². The van der Waals surface area contributed by atoms with Crippen molar-refractivity contribution in [2.45, 2.75) is 64.1 Å². The fraction of sp³-hybridized carbons (Fsp3) is 0.261. The summed E-state index contributed by atoms with van der Waals surface area (Å²) < 4.78 is 56.6. The third kappa shape index (κ3) is 10.3. The van der Waals surface area contributed by atoms with Crippen molar-refractivity contribution < 1.29 is 47.1 Å². The SMILES string of the molecule is COc1ccc2c(O[C@@H]3O[C@H](COCc4ccccc4)[C@@H](OCc4ccccc4)[C@H](OCc4ccccc4)[C@H]3OCc3ccccc3)c(OC(C)=O)c(=O)oc2c1. The van der Waals surface area contributed by atoms with E-state index in [1.165, 1.54) is 14.0 Å². The summed E-state index contributed by atoms with van der Waals surface area (Å²) in [6, 6.07) is 43.9. The highest BCUT2D eigenvalue weighted by molar-refractivity contribution is 5.87. The van der Waals surface area contributed by atoms with Crippen LogP contribution < -0.4 is 19.8 Å². The molecule has 57 heavy (non-hydrogen) atoms. The van der Waals surface area contributed by atoms with Crippen LogP contribution >= 0.6 is 0 Å². The van der Waals surface area contributed by atoms with Crippen molar-refractivity contribution in [3.8, 4) is 17.2 Å². The molecule has 7 rings (SSSR count). The molecule has 2 heterocycles. The summed E-state index contributed by atoms with van der Waals surface area (Å²) in [5, 5.41) is 0.332. The van der Waals surface area contributed by atoms with Crippen molar-refractivity contribution in [2.24, 2.45) is 0 Å². The van der Waals surface area contributed by atoms with E-state index < -0.39 is 48.1 Å². The molecule has 0 aliphatic carbocycles. The average Bonchev–Trinajstić information content (AvgIpc) is 3.24. The van der Waals surface area contributed by atoms with Gasteiger partial charge in [-0.15, -0.1) is 0 Å². The van der Waals surface area contributed by atoms with Crippen LogP contribution in [0.3, 0.4) is 0 Å². The van der Waals surface area contributed by atoms with Crippen molar-refractivity contribution in [1.29, 1.82) is 0 Å². The lowest BCUT2D eigenvalue weighted by Gasteiger charge is -2.45. The first-order valence-corrected chi connectivity index (χ1v) is 18.7. The van der Waals surface area contributed by atoms with E-state index in [1.807, 2.05) is 121 Å². The minimum Gasteiger partial charge on any atom is -0.497 e. The summed E-state index contributed by atoms with van der Waals surface area (Å²) in [5.74, 6) is -0.816. The quantitative estimate of drug-likeness (QED) is 0.0667. The molecule has 11 heteroatoms. The molecule has 0 unspecified atom stereocenters. The molecule has 1 aromatic heterocycles. The van der Waals surface area contributed by atoms with Gasteiger partial charge >= 0.3 is 11.6 Å². The number of methoxy groups -OCH3 is 1. The zero-order valence-corrected chi connectivity index (χ0v) is 31.7. The van der Waals surface area contributed by atoms with Gasteiger partial charge in [0.05, 0.1) is 45.5 Å². The zero-order valence-electron chi connectivity index (χ0n) is 31.7. The predicted molar refractivity (Wildman–Crippen MR) is 211 cm³/mol. The Hall–Kier alpha value is -5.82. The van der Waals surface area contributed by atoms with Crippen molar-refractivity contribution >= 4 is 16.9 Å². The second-order valence-electron chi connectivity index (χ2n) is 13.4. The zero-order chi connectivity index (χ0) is 39.4. The van der Waals surface area contributed by atoms with Gasteiger partial charge in [0.2, 0.25) is 6.29 Å². The molecule has 1 aliphatic rings. The summed E-state index contributed by atoms with van der Waals surface area (Å²) in [5.41, 5.74) is 2.97. The molecular formula is C46H44O11. The summed E-state index contributed by atoms with van der Waals surface area (Å²) in [7, 11) is 1.50. The number of carbonyl (C=O) groups is 1.